The summed E-state index contributed by atoms with van der Waals surface area (Å²) in [5.41, 5.74) is 0. The van der Waals surface area contributed by atoms with E-state index < -0.39 is 34.6 Å². The first-order chi connectivity index (χ1) is 6.41. The summed E-state index contributed by atoms with van der Waals surface area (Å²) in [5.74, 6) is -1.84. The molecule has 0 saturated heterocycles. The van der Waals surface area contributed by atoms with Gasteiger partial charge in [-0.25, -0.2) is 4.79 Å². The van der Waals surface area contributed by atoms with Crippen LogP contribution in [-0.4, -0.2) is 43.1 Å². The summed E-state index contributed by atoms with van der Waals surface area (Å²) in [6, 6.07) is 0. The van der Waals surface area contributed by atoms with Crippen LogP contribution in [-0.2, 0) is 19.1 Å². The standard InChI is InChI=1S/C7H12O6S/c1-2-3-7(10)13-14(11,12)5-6(9)4-8/h2-3,6,8-9H,4-5H2,1H3. The van der Waals surface area contributed by atoms with Gasteiger partial charge in [-0.15, -0.1) is 0 Å². The van der Waals surface area contributed by atoms with Crippen molar-refractivity contribution in [2.24, 2.45) is 0 Å². The van der Waals surface area contributed by atoms with Crippen LogP contribution in [0.25, 0.3) is 0 Å². The van der Waals surface area contributed by atoms with Gasteiger partial charge < -0.3 is 14.4 Å². The molecule has 6 nitrogen and oxygen atoms in total. The lowest BCUT2D eigenvalue weighted by atomic mass is 10.4. The van der Waals surface area contributed by atoms with Crippen LogP contribution in [0.4, 0.5) is 0 Å². The second kappa shape index (κ2) is 5.74. The summed E-state index contributed by atoms with van der Waals surface area (Å²) >= 11 is 0. The Balaban J connectivity index is 4.28. The summed E-state index contributed by atoms with van der Waals surface area (Å²) in [6.45, 7) is 0.816. The highest BCUT2D eigenvalue weighted by molar-refractivity contribution is 7.87. The smallest absolute Gasteiger partial charge is 0.346 e. The number of rotatable bonds is 5. The maximum atomic E-state index is 10.9. The Morgan fingerprint density at radius 2 is 2.14 bits per heavy atom. The van der Waals surface area contributed by atoms with Crippen LogP contribution in [0.15, 0.2) is 12.2 Å². The molecule has 2 N–H and O–H groups in total. The van der Waals surface area contributed by atoms with E-state index in [9.17, 15) is 13.2 Å². The molecule has 0 saturated carbocycles. The molecule has 0 bridgehead atoms. The topological polar surface area (TPSA) is 101 Å². The van der Waals surface area contributed by atoms with Crippen LogP contribution >= 0.6 is 0 Å². The average Bonchev–Trinajstić information content (AvgIpc) is 2.02. The fraction of sp³-hybridized carbons (Fsp3) is 0.571. The molecule has 14 heavy (non-hydrogen) atoms. The number of aliphatic hydroxyl groups is 2. The third kappa shape index (κ3) is 5.68. The van der Waals surface area contributed by atoms with Gasteiger partial charge in [0.05, 0.1) is 12.7 Å². The van der Waals surface area contributed by atoms with E-state index in [0.29, 0.717) is 0 Å². The molecule has 0 aliphatic rings. The fourth-order valence-electron chi connectivity index (χ4n) is 0.611. The lowest BCUT2D eigenvalue weighted by Gasteiger charge is -2.06. The predicted octanol–water partition coefficient (Wildman–Crippen LogP) is -1.21. The van der Waals surface area contributed by atoms with Crippen molar-refractivity contribution in [3.8, 4) is 0 Å². The van der Waals surface area contributed by atoms with Crippen molar-refractivity contribution in [1.29, 1.82) is 0 Å². The average molecular weight is 224 g/mol. The molecule has 0 aliphatic carbocycles. The molecule has 0 amide bonds. The zero-order valence-corrected chi connectivity index (χ0v) is 8.40. The number of hydrogen-bond acceptors (Lipinski definition) is 6. The highest BCUT2D eigenvalue weighted by Gasteiger charge is 2.20. The van der Waals surface area contributed by atoms with E-state index in [4.69, 9.17) is 10.2 Å². The van der Waals surface area contributed by atoms with Gasteiger partial charge in [-0.3, -0.25) is 0 Å². The van der Waals surface area contributed by atoms with Crippen molar-refractivity contribution < 1.29 is 27.6 Å². The molecule has 7 heteroatoms. The maximum Gasteiger partial charge on any atom is 0.346 e. The predicted molar refractivity (Wildman–Crippen MR) is 47.8 cm³/mol. The minimum atomic E-state index is -4.13. The lowest BCUT2D eigenvalue weighted by molar-refractivity contribution is -0.128. The molecular formula is C7H12O6S. The van der Waals surface area contributed by atoms with Gasteiger partial charge in [0.1, 0.15) is 5.75 Å². The van der Waals surface area contributed by atoms with Crippen molar-refractivity contribution in [1.82, 2.24) is 0 Å². The molecule has 0 aliphatic heterocycles. The van der Waals surface area contributed by atoms with Gasteiger partial charge in [0, 0.05) is 6.08 Å². The Kier molecular flexibility index (Phi) is 5.36. The van der Waals surface area contributed by atoms with E-state index in [1.165, 1.54) is 13.0 Å². The molecule has 1 unspecified atom stereocenters. The lowest BCUT2D eigenvalue weighted by Crippen LogP contribution is -2.26. The largest absolute Gasteiger partial charge is 0.394 e. The molecule has 0 rings (SSSR count). The number of carbonyl (C=O) groups is 1. The Morgan fingerprint density at radius 1 is 1.57 bits per heavy atom. The first-order valence-electron chi connectivity index (χ1n) is 3.79. The van der Waals surface area contributed by atoms with E-state index in [1.54, 1.807) is 0 Å². The normalized spacial score (nSPS) is 14.2. The molecular weight excluding hydrogens is 212 g/mol. The summed E-state index contributed by atoms with van der Waals surface area (Å²) in [5, 5.41) is 17.2. The van der Waals surface area contributed by atoms with Gasteiger partial charge in [-0.1, -0.05) is 6.08 Å². The Bertz CT molecular complexity index is 304. The molecule has 1 atom stereocenters. The summed E-state index contributed by atoms with van der Waals surface area (Å²) < 4.78 is 25.9. The van der Waals surface area contributed by atoms with Gasteiger partial charge >= 0.3 is 16.1 Å². The van der Waals surface area contributed by atoms with Crippen LogP contribution in [0.5, 0.6) is 0 Å². The van der Waals surface area contributed by atoms with Crippen LogP contribution in [0.3, 0.4) is 0 Å². The Morgan fingerprint density at radius 3 is 2.57 bits per heavy atom. The summed E-state index contributed by atoms with van der Waals surface area (Å²) in [7, 11) is -4.13. The second-order valence-electron chi connectivity index (χ2n) is 2.46. The van der Waals surface area contributed by atoms with E-state index >= 15 is 0 Å². The number of allylic oxidation sites excluding steroid dienone is 1. The first-order valence-corrected chi connectivity index (χ1v) is 5.36. The van der Waals surface area contributed by atoms with Crippen molar-refractivity contribution in [3.63, 3.8) is 0 Å². The van der Waals surface area contributed by atoms with E-state index in [0.717, 1.165) is 6.08 Å². The molecule has 0 spiro atoms. The fourth-order valence-corrected chi connectivity index (χ4v) is 1.56. The summed E-state index contributed by atoms with van der Waals surface area (Å²) in [6.07, 6.45) is 0.807. The van der Waals surface area contributed by atoms with Gasteiger partial charge in [0.15, 0.2) is 0 Å². The summed E-state index contributed by atoms with van der Waals surface area (Å²) in [4.78, 5) is 10.7. The van der Waals surface area contributed by atoms with Crippen molar-refractivity contribution in [2.75, 3.05) is 12.4 Å². The van der Waals surface area contributed by atoms with Gasteiger partial charge in [0.25, 0.3) is 0 Å². The third-order valence-electron chi connectivity index (χ3n) is 1.12. The van der Waals surface area contributed by atoms with Crippen LogP contribution in [0.2, 0.25) is 0 Å². The molecule has 0 heterocycles. The molecule has 0 aromatic carbocycles. The molecule has 0 radical (unpaired) electrons. The zero-order chi connectivity index (χ0) is 11.2. The highest BCUT2D eigenvalue weighted by atomic mass is 32.2. The number of carbonyl (C=O) groups excluding carboxylic acids is 1. The molecule has 82 valence electrons. The van der Waals surface area contributed by atoms with Crippen molar-refractivity contribution in [3.05, 3.63) is 12.2 Å². The molecule has 0 aromatic heterocycles. The Hall–Kier alpha value is -0.920. The second-order valence-corrected chi connectivity index (χ2v) is 4.08. The minimum Gasteiger partial charge on any atom is -0.394 e. The highest BCUT2D eigenvalue weighted by Crippen LogP contribution is 1.98. The Labute approximate surface area is 81.9 Å². The van der Waals surface area contributed by atoms with Gasteiger partial charge in [-0.05, 0) is 6.92 Å². The zero-order valence-electron chi connectivity index (χ0n) is 7.58. The van der Waals surface area contributed by atoms with E-state index in [2.05, 4.69) is 4.18 Å². The van der Waals surface area contributed by atoms with Crippen molar-refractivity contribution >= 4 is 16.1 Å². The monoisotopic (exact) mass is 224 g/mol. The first kappa shape index (κ1) is 13.1. The quantitative estimate of drug-likeness (QED) is 0.449. The molecule has 0 fully saturated rings. The SMILES string of the molecule is CC=CC(=O)OS(=O)(=O)CC(O)CO. The maximum absolute atomic E-state index is 10.9. The van der Waals surface area contributed by atoms with Crippen LogP contribution < -0.4 is 0 Å². The van der Waals surface area contributed by atoms with Gasteiger partial charge in [-0.2, -0.15) is 8.42 Å². The number of hydrogen-bond donors (Lipinski definition) is 2. The van der Waals surface area contributed by atoms with Crippen LogP contribution in [0, 0.1) is 0 Å². The van der Waals surface area contributed by atoms with E-state index in [-0.39, 0.29) is 0 Å². The van der Waals surface area contributed by atoms with Gasteiger partial charge in [0.2, 0.25) is 0 Å². The third-order valence-corrected chi connectivity index (χ3v) is 2.33. The van der Waals surface area contributed by atoms with E-state index in [1.807, 2.05) is 0 Å². The molecule has 0 aromatic rings. The number of aliphatic hydroxyl groups excluding tert-OH is 2. The van der Waals surface area contributed by atoms with Crippen LogP contribution in [0.1, 0.15) is 6.92 Å². The van der Waals surface area contributed by atoms with Crippen molar-refractivity contribution in [2.45, 2.75) is 13.0 Å². The minimum absolute atomic E-state index is 0.708.